The molecule has 0 radical (unpaired) electrons. The summed E-state index contributed by atoms with van der Waals surface area (Å²) < 4.78 is 5.41. The van der Waals surface area contributed by atoms with Gasteiger partial charge in [0.05, 0.1) is 12.2 Å². The molecule has 1 N–H and O–H groups in total. The molecule has 0 aliphatic carbocycles. The van der Waals surface area contributed by atoms with Gasteiger partial charge in [0.2, 0.25) is 0 Å². The molecule has 0 bridgehead atoms. The van der Waals surface area contributed by atoms with E-state index in [-0.39, 0.29) is 5.56 Å². The first kappa shape index (κ1) is 12.1. The molecule has 4 heteroatoms. The SMILES string of the molecule is CCOc1cccc(-c2ccncc2C(=O)O)c1. The molecule has 0 saturated heterocycles. The van der Waals surface area contributed by atoms with E-state index in [1.165, 1.54) is 6.20 Å². The van der Waals surface area contributed by atoms with Crippen LogP contribution in [0, 0.1) is 0 Å². The Bertz CT molecular complexity index is 566. The van der Waals surface area contributed by atoms with Crippen LogP contribution in [-0.2, 0) is 0 Å². The molecule has 0 amide bonds. The summed E-state index contributed by atoms with van der Waals surface area (Å²) in [6, 6.07) is 9.05. The largest absolute Gasteiger partial charge is 0.494 e. The lowest BCUT2D eigenvalue weighted by atomic mass is 10.0. The van der Waals surface area contributed by atoms with Crippen LogP contribution in [0.25, 0.3) is 11.1 Å². The van der Waals surface area contributed by atoms with Crippen molar-refractivity contribution in [1.29, 1.82) is 0 Å². The highest BCUT2D eigenvalue weighted by atomic mass is 16.5. The van der Waals surface area contributed by atoms with Crippen LogP contribution >= 0.6 is 0 Å². The third-order valence-corrected chi connectivity index (χ3v) is 2.51. The third kappa shape index (κ3) is 2.48. The van der Waals surface area contributed by atoms with E-state index >= 15 is 0 Å². The Kier molecular flexibility index (Phi) is 3.57. The van der Waals surface area contributed by atoms with Gasteiger partial charge >= 0.3 is 5.97 Å². The number of benzene rings is 1. The number of aromatic carboxylic acids is 1. The maximum atomic E-state index is 11.1. The van der Waals surface area contributed by atoms with Crippen molar-refractivity contribution in [2.45, 2.75) is 6.92 Å². The Hall–Kier alpha value is -2.36. The summed E-state index contributed by atoms with van der Waals surface area (Å²) >= 11 is 0. The number of nitrogens with zero attached hydrogens (tertiary/aromatic N) is 1. The molecule has 18 heavy (non-hydrogen) atoms. The highest BCUT2D eigenvalue weighted by Gasteiger charge is 2.11. The summed E-state index contributed by atoms with van der Waals surface area (Å²) in [6.45, 7) is 2.48. The zero-order valence-corrected chi connectivity index (χ0v) is 9.96. The van der Waals surface area contributed by atoms with Crippen molar-refractivity contribution in [3.8, 4) is 16.9 Å². The Morgan fingerprint density at radius 1 is 1.39 bits per heavy atom. The second kappa shape index (κ2) is 5.31. The molecule has 1 aromatic carbocycles. The number of carbonyl (C=O) groups is 1. The third-order valence-electron chi connectivity index (χ3n) is 2.51. The summed E-state index contributed by atoms with van der Waals surface area (Å²) in [4.78, 5) is 15.0. The fourth-order valence-corrected chi connectivity index (χ4v) is 1.74. The van der Waals surface area contributed by atoms with Crippen molar-refractivity contribution in [3.05, 3.63) is 48.3 Å². The molecule has 2 aromatic rings. The van der Waals surface area contributed by atoms with Gasteiger partial charge in [-0.2, -0.15) is 0 Å². The first-order valence-electron chi connectivity index (χ1n) is 5.63. The maximum absolute atomic E-state index is 11.1. The van der Waals surface area contributed by atoms with Gasteiger partial charge in [-0.25, -0.2) is 4.79 Å². The molecule has 0 aliphatic rings. The van der Waals surface area contributed by atoms with Crippen LogP contribution in [0.3, 0.4) is 0 Å². The summed E-state index contributed by atoms with van der Waals surface area (Å²) in [7, 11) is 0. The molecular weight excluding hydrogens is 230 g/mol. The van der Waals surface area contributed by atoms with E-state index in [4.69, 9.17) is 9.84 Å². The van der Waals surface area contributed by atoms with Gasteiger partial charge in [-0.3, -0.25) is 4.98 Å². The molecule has 0 fully saturated rings. The van der Waals surface area contributed by atoms with Gasteiger partial charge in [0, 0.05) is 12.4 Å². The smallest absolute Gasteiger partial charge is 0.337 e. The molecular formula is C14H13NO3. The van der Waals surface area contributed by atoms with Crippen LogP contribution in [0.2, 0.25) is 0 Å². The lowest BCUT2D eigenvalue weighted by molar-refractivity contribution is 0.0697. The highest BCUT2D eigenvalue weighted by Crippen LogP contribution is 2.26. The highest BCUT2D eigenvalue weighted by molar-refractivity contribution is 5.95. The van der Waals surface area contributed by atoms with Crippen LogP contribution in [0.1, 0.15) is 17.3 Å². The molecule has 0 unspecified atom stereocenters. The number of hydrogen-bond donors (Lipinski definition) is 1. The number of ether oxygens (including phenoxy) is 1. The summed E-state index contributed by atoms with van der Waals surface area (Å²) in [5.74, 6) is -0.261. The zero-order chi connectivity index (χ0) is 13.0. The minimum atomic E-state index is -0.986. The number of rotatable bonds is 4. The van der Waals surface area contributed by atoms with Gasteiger partial charge in [0.1, 0.15) is 5.75 Å². The van der Waals surface area contributed by atoms with Gasteiger partial charge in [-0.05, 0) is 36.2 Å². The molecule has 1 heterocycles. The first-order chi connectivity index (χ1) is 8.72. The van der Waals surface area contributed by atoms with Crippen molar-refractivity contribution < 1.29 is 14.6 Å². The van der Waals surface area contributed by atoms with Crippen LogP contribution in [0.15, 0.2) is 42.7 Å². The van der Waals surface area contributed by atoms with E-state index < -0.39 is 5.97 Å². The fourth-order valence-electron chi connectivity index (χ4n) is 1.74. The quantitative estimate of drug-likeness (QED) is 0.897. The Balaban J connectivity index is 2.48. The lowest BCUT2D eigenvalue weighted by Crippen LogP contribution is -2.00. The van der Waals surface area contributed by atoms with Gasteiger partial charge in [0.25, 0.3) is 0 Å². The Morgan fingerprint density at radius 2 is 2.22 bits per heavy atom. The average Bonchev–Trinajstić information content (AvgIpc) is 2.39. The predicted molar refractivity (Wildman–Crippen MR) is 67.8 cm³/mol. The first-order valence-corrected chi connectivity index (χ1v) is 5.63. The summed E-state index contributed by atoms with van der Waals surface area (Å²) in [5.41, 5.74) is 1.63. The molecule has 0 spiro atoms. The maximum Gasteiger partial charge on any atom is 0.337 e. The van der Waals surface area contributed by atoms with E-state index in [0.717, 1.165) is 11.3 Å². The van der Waals surface area contributed by atoms with E-state index in [2.05, 4.69) is 4.98 Å². The monoisotopic (exact) mass is 243 g/mol. The molecule has 0 saturated carbocycles. The van der Waals surface area contributed by atoms with Crippen molar-refractivity contribution in [1.82, 2.24) is 4.98 Å². The van der Waals surface area contributed by atoms with Crippen molar-refractivity contribution in [3.63, 3.8) is 0 Å². The van der Waals surface area contributed by atoms with E-state index in [1.54, 1.807) is 12.3 Å². The molecule has 92 valence electrons. The van der Waals surface area contributed by atoms with Crippen LogP contribution in [-0.4, -0.2) is 22.7 Å². The van der Waals surface area contributed by atoms with Crippen molar-refractivity contribution >= 4 is 5.97 Å². The van der Waals surface area contributed by atoms with Gasteiger partial charge in [-0.15, -0.1) is 0 Å². The van der Waals surface area contributed by atoms with Gasteiger partial charge in [0.15, 0.2) is 0 Å². The standard InChI is InChI=1S/C14H13NO3/c1-2-18-11-5-3-4-10(8-11)12-6-7-15-9-13(12)14(16)17/h3-9H,2H2,1H3,(H,16,17). The molecule has 0 aliphatic heterocycles. The normalized spacial score (nSPS) is 10.1. The van der Waals surface area contributed by atoms with Crippen molar-refractivity contribution in [2.24, 2.45) is 0 Å². The summed E-state index contributed by atoms with van der Waals surface area (Å²) in [5, 5.41) is 9.13. The van der Waals surface area contributed by atoms with Crippen LogP contribution in [0.4, 0.5) is 0 Å². The number of carboxylic acid groups (broad SMARTS) is 1. The predicted octanol–water partition coefficient (Wildman–Crippen LogP) is 2.85. The number of hydrogen-bond acceptors (Lipinski definition) is 3. The molecule has 4 nitrogen and oxygen atoms in total. The van der Waals surface area contributed by atoms with Crippen molar-refractivity contribution in [2.75, 3.05) is 6.61 Å². The second-order valence-electron chi connectivity index (χ2n) is 3.69. The average molecular weight is 243 g/mol. The molecule has 1 aromatic heterocycles. The minimum Gasteiger partial charge on any atom is -0.494 e. The van der Waals surface area contributed by atoms with Crippen LogP contribution < -0.4 is 4.74 Å². The van der Waals surface area contributed by atoms with E-state index in [0.29, 0.717) is 12.2 Å². The Morgan fingerprint density at radius 3 is 2.94 bits per heavy atom. The van der Waals surface area contributed by atoms with E-state index in [1.807, 2.05) is 31.2 Å². The molecule has 2 rings (SSSR count). The molecule has 0 atom stereocenters. The summed E-state index contributed by atoms with van der Waals surface area (Å²) in [6.07, 6.45) is 2.93. The minimum absolute atomic E-state index is 0.186. The zero-order valence-electron chi connectivity index (χ0n) is 9.96. The second-order valence-corrected chi connectivity index (χ2v) is 3.69. The van der Waals surface area contributed by atoms with Gasteiger partial charge in [-0.1, -0.05) is 12.1 Å². The number of carboxylic acids is 1. The van der Waals surface area contributed by atoms with Crippen LogP contribution in [0.5, 0.6) is 5.75 Å². The fraction of sp³-hybridized carbons (Fsp3) is 0.143. The topological polar surface area (TPSA) is 59.4 Å². The number of aromatic nitrogens is 1. The Labute approximate surface area is 105 Å². The number of pyridine rings is 1. The van der Waals surface area contributed by atoms with E-state index in [9.17, 15) is 4.79 Å². The van der Waals surface area contributed by atoms with Gasteiger partial charge < -0.3 is 9.84 Å². The lowest BCUT2D eigenvalue weighted by Gasteiger charge is -2.08.